The number of piperidine rings is 1. The molecule has 0 aromatic heterocycles. The second-order valence-electron chi connectivity index (χ2n) is 6.70. The summed E-state index contributed by atoms with van der Waals surface area (Å²) in [6, 6.07) is 0.795. The first kappa shape index (κ1) is 15.0. The fraction of sp³-hybridized carbons (Fsp3) is 1.00. The zero-order chi connectivity index (χ0) is 12.7. The van der Waals surface area contributed by atoms with Gasteiger partial charge in [-0.1, -0.05) is 27.7 Å². The molecule has 17 heavy (non-hydrogen) atoms. The van der Waals surface area contributed by atoms with E-state index in [1.54, 1.807) is 0 Å². The van der Waals surface area contributed by atoms with E-state index < -0.39 is 0 Å². The monoisotopic (exact) mass is 240 g/mol. The maximum Gasteiger partial charge on any atom is 0.0221 e. The normalized spacial score (nSPS) is 22.1. The van der Waals surface area contributed by atoms with Gasteiger partial charge in [0.1, 0.15) is 0 Å². The molecular weight excluding hydrogens is 208 g/mol. The van der Waals surface area contributed by atoms with Gasteiger partial charge in [0, 0.05) is 12.6 Å². The minimum Gasteiger partial charge on any atom is -0.315 e. The topological polar surface area (TPSA) is 15.3 Å². The molecule has 1 aliphatic rings. The van der Waals surface area contributed by atoms with Crippen molar-refractivity contribution in [3.8, 4) is 0 Å². The van der Waals surface area contributed by atoms with Crippen molar-refractivity contribution >= 4 is 0 Å². The van der Waals surface area contributed by atoms with Gasteiger partial charge in [-0.3, -0.25) is 4.90 Å². The first-order valence-electron chi connectivity index (χ1n) is 7.47. The lowest BCUT2D eigenvalue weighted by Gasteiger charge is -2.35. The van der Waals surface area contributed by atoms with Gasteiger partial charge < -0.3 is 5.32 Å². The highest BCUT2D eigenvalue weighted by molar-refractivity contribution is 4.78. The van der Waals surface area contributed by atoms with Crippen molar-refractivity contribution in [1.82, 2.24) is 10.2 Å². The van der Waals surface area contributed by atoms with Gasteiger partial charge in [-0.05, 0) is 57.2 Å². The third kappa shape index (κ3) is 6.42. The Morgan fingerprint density at radius 3 is 2.53 bits per heavy atom. The lowest BCUT2D eigenvalue weighted by molar-refractivity contribution is 0.156. The Bertz CT molecular complexity index is 190. The molecule has 1 fully saturated rings. The fourth-order valence-corrected chi connectivity index (χ4v) is 2.72. The summed E-state index contributed by atoms with van der Waals surface area (Å²) in [6.07, 6.45) is 6.71. The molecule has 0 spiro atoms. The highest BCUT2D eigenvalue weighted by Crippen LogP contribution is 2.21. The van der Waals surface area contributed by atoms with E-state index in [4.69, 9.17) is 0 Å². The minimum absolute atomic E-state index is 0.489. The first-order chi connectivity index (χ1) is 8.03. The maximum absolute atomic E-state index is 3.54. The van der Waals surface area contributed by atoms with E-state index >= 15 is 0 Å². The molecule has 1 aliphatic heterocycles. The van der Waals surface area contributed by atoms with Gasteiger partial charge in [-0.2, -0.15) is 0 Å². The molecule has 0 amide bonds. The predicted octanol–water partition coefficient (Wildman–Crippen LogP) is 3.28. The molecular formula is C15H32N2. The Balaban J connectivity index is 2.31. The van der Waals surface area contributed by atoms with Crippen LogP contribution in [0.3, 0.4) is 0 Å². The first-order valence-corrected chi connectivity index (χ1v) is 7.47. The van der Waals surface area contributed by atoms with Crippen molar-refractivity contribution < 1.29 is 0 Å². The second-order valence-corrected chi connectivity index (χ2v) is 6.70. The van der Waals surface area contributed by atoms with Gasteiger partial charge >= 0.3 is 0 Å². The van der Waals surface area contributed by atoms with Crippen molar-refractivity contribution in [3.05, 3.63) is 0 Å². The summed E-state index contributed by atoms with van der Waals surface area (Å²) in [5.74, 6) is 0. The summed E-state index contributed by atoms with van der Waals surface area (Å²) in [6.45, 7) is 14.3. The molecule has 0 aliphatic carbocycles. The number of nitrogens with one attached hydrogen (secondary N) is 1. The lowest BCUT2D eigenvalue weighted by Crippen LogP contribution is -2.46. The van der Waals surface area contributed by atoms with Crippen LogP contribution in [0.2, 0.25) is 0 Å². The van der Waals surface area contributed by atoms with Crippen molar-refractivity contribution in [2.45, 2.75) is 65.8 Å². The van der Waals surface area contributed by atoms with Crippen LogP contribution in [0.15, 0.2) is 0 Å². The predicted molar refractivity (Wildman–Crippen MR) is 76.4 cm³/mol. The van der Waals surface area contributed by atoms with E-state index in [2.05, 4.69) is 37.9 Å². The molecule has 1 saturated heterocycles. The SMILES string of the molecule is CCCN(CCCC(C)(C)C)C1CCCNC1. The van der Waals surface area contributed by atoms with Gasteiger partial charge in [-0.25, -0.2) is 0 Å². The van der Waals surface area contributed by atoms with Gasteiger partial charge in [0.05, 0.1) is 0 Å². The Hall–Kier alpha value is -0.0800. The van der Waals surface area contributed by atoms with Crippen LogP contribution in [0.4, 0.5) is 0 Å². The number of nitrogens with zero attached hydrogens (tertiary/aromatic N) is 1. The van der Waals surface area contributed by atoms with Crippen molar-refractivity contribution in [2.24, 2.45) is 5.41 Å². The molecule has 1 rings (SSSR count). The summed E-state index contributed by atoms with van der Waals surface area (Å²) in [5, 5.41) is 3.54. The van der Waals surface area contributed by atoms with Gasteiger partial charge in [-0.15, -0.1) is 0 Å². The molecule has 0 aromatic carbocycles. The quantitative estimate of drug-likeness (QED) is 0.766. The maximum atomic E-state index is 3.54. The van der Waals surface area contributed by atoms with Gasteiger partial charge in [0.2, 0.25) is 0 Å². The molecule has 1 N–H and O–H groups in total. The van der Waals surface area contributed by atoms with Crippen molar-refractivity contribution in [3.63, 3.8) is 0 Å². The molecule has 2 nitrogen and oxygen atoms in total. The average molecular weight is 240 g/mol. The van der Waals surface area contributed by atoms with Crippen LogP contribution in [0.25, 0.3) is 0 Å². The Morgan fingerprint density at radius 2 is 2.00 bits per heavy atom. The fourth-order valence-electron chi connectivity index (χ4n) is 2.72. The molecule has 0 saturated carbocycles. The smallest absolute Gasteiger partial charge is 0.0221 e. The number of hydrogen-bond donors (Lipinski definition) is 1. The summed E-state index contributed by atoms with van der Waals surface area (Å²) in [5.41, 5.74) is 0.489. The molecule has 0 bridgehead atoms. The summed E-state index contributed by atoms with van der Waals surface area (Å²) in [7, 11) is 0. The zero-order valence-electron chi connectivity index (χ0n) is 12.4. The van der Waals surface area contributed by atoms with Gasteiger partial charge in [0.15, 0.2) is 0 Å². The van der Waals surface area contributed by atoms with Crippen LogP contribution in [0.5, 0.6) is 0 Å². The Labute approximate surface area is 108 Å². The van der Waals surface area contributed by atoms with E-state index in [1.165, 1.54) is 58.3 Å². The zero-order valence-corrected chi connectivity index (χ0v) is 12.4. The third-order valence-corrected chi connectivity index (χ3v) is 3.67. The van der Waals surface area contributed by atoms with E-state index in [0.29, 0.717) is 5.41 Å². The average Bonchev–Trinajstić information content (AvgIpc) is 2.27. The standard InChI is InChI=1S/C15H32N2/c1-5-11-17(12-7-9-15(2,3)4)14-8-6-10-16-13-14/h14,16H,5-13H2,1-4H3. The Kier molecular flexibility index (Phi) is 6.50. The number of rotatable bonds is 6. The minimum atomic E-state index is 0.489. The van der Waals surface area contributed by atoms with Gasteiger partial charge in [0.25, 0.3) is 0 Å². The highest BCUT2D eigenvalue weighted by atomic mass is 15.2. The van der Waals surface area contributed by atoms with Crippen molar-refractivity contribution in [2.75, 3.05) is 26.2 Å². The third-order valence-electron chi connectivity index (χ3n) is 3.67. The largest absolute Gasteiger partial charge is 0.315 e. The van der Waals surface area contributed by atoms with E-state index in [0.717, 1.165) is 6.04 Å². The summed E-state index contributed by atoms with van der Waals surface area (Å²) >= 11 is 0. The molecule has 1 unspecified atom stereocenters. The van der Waals surface area contributed by atoms with E-state index in [1.807, 2.05) is 0 Å². The number of hydrogen-bond acceptors (Lipinski definition) is 2. The second kappa shape index (κ2) is 7.38. The molecule has 1 heterocycles. The van der Waals surface area contributed by atoms with Crippen LogP contribution in [-0.4, -0.2) is 37.1 Å². The van der Waals surface area contributed by atoms with E-state index in [9.17, 15) is 0 Å². The van der Waals surface area contributed by atoms with E-state index in [-0.39, 0.29) is 0 Å². The van der Waals surface area contributed by atoms with Crippen LogP contribution < -0.4 is 5.32 Å². The van der Waals surface area contributed by atoms with Crippen LogP contribution in [0.1, 0.15) is 59.8 Å². The molecule has 102 valence electrons. The highest BCUT2D eigenvalue weighted by Gasteiger charge is 2.20. The molecule has 2 heteroatoms. The van der Waals surface area contributed by atoms with Crippen LogP contribution in [-0.2, 0) is 0 Å². The summed E-state index contributed by atoms with van der Waals surface area (Å²) in [4.78, 5) is 2.72. The van der Waals surface area contributed by atoms with Crippen molar-refractivity contribution in [1.29, 1.82) is 0 Å². The lowest BCUT2D eigenvalue weighted by atomic mass is 9.90. The molecule has 0 aromatic rings. The van der Waals surface area contributed by atoms with Crippen LogP contribution in [0, 0.1) is 5.41 Å². The Morgan fingerprint density at radius 1 is 1.24 bits per heavy atom. The molecule has 1 atom stereocenters. The van der Waals surface area contributed by atoms with Crippen LogP contribution >= 0.6 is 0 Å². The summed E-state index contributed by atoms with van der Waals surface area (Å²) < 4.78 is 0. The molecule has 0 radical (unpaired) electrons.